The summed E-state index contributed by atoms with van der Waals surface area (Å²) in [7, 11) is 0. The molecule has 2 unspecified atom stereocenters. The Morgan fingerprint density at radius 2 is 2.18 bits per heavy atom. The van der Waals surface area contributed by atoms with Gasteiger partial charge in [0.15, 0.2) is 0 Å². The molecule has 2 rings (SSSR count). The molecule has 1 fully saturated rings. The van der Waals surface area contributed by atoms with Crippen LogP contribution in [0.2, 0.25) is 0 Å². The van der Waals surface area contributed by atoms with Crippen LogP contribution in [-0.2, 0) is 9.59 Å². The number of aliphatic carboxylic acids is 1. The lowest BCUT2D eigenvalue weighted by molar-refractivity contribution is -0.146. The maximum Gasteiger partial charge on any atom is 0.308 e. The molecule has 2 atom stereocenters. The van der Waals surface area contributed by atoms with Crippen LogP contribution >= 0.6 is 27.3 Å². The third kappa shape index (κ3) is 4.07. The van der Waals surface area contributed by atoms with Crippen LogP contribution in [-0.4, -0.2) is 46.9 Å². The molecule has 1 saturated heterocycles. The van der Waals surface area contributed by atoms with Crippen LogP contribution in [0.25, 0.3) is 0 Å². The number of amides is 2. The minimum atomic E-state index is -0.877. The summed E-state index contributed by atoms with van der Waals surface area (Å²) in [4.78, 5) is 37.5. The van der Waals surface area contributed by atoms with Crippen LogP contribution in [0.4, 0.5) is 0 Å². The molecule has 6 nitrogen and oxygen atoms in total. The highest BCUT2D eigenvalue weighted by molar-refractivity contribution is 9.11. The summed E-state index contributed by atoms with van der Waals surface area (Å²) in [5.41, 5.74) is 0. The smallest absolute Gasteiger partial charge is 0.308 e. The zero-order chi connectivity index (χ0) is 16.3. The number of carboxylic acid groups (broad SMARTS) is 1. The lowest BCUT2D eigenvalue weighted by Crippen LogP contribution is -2.50. The Morgan fingerprint density at radius 1 is 1.45 bits per heavy atom. The van der Waals surface area contributed by atoms with Crippen molar-refractivity contribution in [3.63, 3.8) is 0 Å². The zero-order valence-electron chi connectivity index (χ0n) is 12.0. The lowest BCUT2D eigenvalue weighted by atomic mass is 9.98. The number of halogens is 1. The van der Waals surface area contributed by atoms with Crippen molar-refractivity contribution in [3.05, 3.63) is 20.8 Å². The highest BCUT2D eigenvalue weighted by atomic mass is 79.9. The maximum atomic E-state index is 12.4. The predicted octanol–water partition coefficient (Wildman–Crippen LogP) is 1.95. The lowest BCUT2D eigenvalue weighted by Gasteiger charge is -2.32. The summed E-state index contributed by atoms with van der Waals surface area (Å²) in [6.07, 6.45) is 1.25. The van der Waals surface area contributed by atoms with Crippen molar-refractivity contribution in [2.45, 2.75) is 25.8 Å². The standard InChI is InChI=1S/C14H17BrN2O4S/c1-8(16-12(18)10-4-5-11(15)22-10)13(19)17-6-2-3-9(7-17)14(20)21/h4-5,8-9H,2-3,6-7H2,1H3,(H,16,18)(H,20,21). The summed E-state index contributed by atoms with van der Waals surface area (Å²) in [6.45, 7) is 2.36. The molecular formula is C14H17BrN2O4S. The summed E-state index contributed by atoms with van der Waals surface area (Å²) >= 11 is 4.58. The molecule has 8 heteroatoms. The number of nitrogens with one attached hydrogen (secondary N) is 1. The molecule has 1 aliphatic heterocycles. The number of carbonyl (C=O) groups excluding carboxylic acids is 2. The van der Waals surface area contributed by atoms with Gasteiger partial charge in [0.05, 0.1) is 14.6 Å². The van der Waals surface area contributed by atoms with Gasteiger partial charge < -0.3 is 15.3 Å². The SMILES string of the molecule is CC(NC(=O)c1ccc(Br)s1)C(=O)N1CCCC(C(=O)O)C1. The van der Waals surface area contributed by atoms with Gasteiger partial charge in [-0.1, -0.05) is 0 Å². The molecule has 0 bridgehead atoms. The zero-order valence-corrected chi connectivity index (χ0v) is 14.4. The second kappa shape index (κ2) is 7.23. The first-order valence-corrected chi connectivity index (χ1v) is 8.57. The molecule has 22 heavy (non-hydrogen) atoms. The second-order valence-corrected chi connectivity index (χ2v) is 7.72. The minimum Gasteiger partial charge on any atom is -0.481 e. The molecule has 0 radical (unpaired) electrons. The van der Waals surface area contributed by atoms with E-state index in [1.54, 1.807) is 19.1 Å². The van der Waals surface area contributed by atoms with Gasteiger partial charge >= 0.3 is 5.97 Å². The Hall–Kier alpha value is -1.41. The molecule has 0 saturated carbocycles. The van der Waals surface area contributed by atoms with Crippen molar-refractivity contribution in [1.82, 2.24) is 10.2 Å². The second-order valence-electron chi connectivity index (χ2n) is 5.26. The van der Waals surface area contributed by atoms with Gasteiger partial charge in [-0.05, 0) is 47.8 Å². The van der Waals surface area contributed by atoms with Crippen molar-refractivity contribution in [1.29, 1.82) is 0 Å². The van der Waals surface area contributed by atoms with Crippen molar-refractivity contribution >= 4 is 45.1 Å². The van der Waals surface area contributed by atoms with Gasteiger partial charge in [0.25, 0.3) is 5.91 Å². The number of nitrogens with zero attached hydrogens (tertiary/aromatic N) is 1. The molecule has 2 N–H and O–H groups in total. The molecule has 2 amide bonds. The van der Waals surface area contributed by atoms with Gasteiger partial charge in [-0.15, -0.1) is 11.3 Å². The highest BCUT2D eigenvalue weighted by Gasteiger charge is 2.30. The maximum absolute atomic E-state index is 12.4. The number of hydrogen-bond acceptors (Lipinski definition) is 4. The van der Waals surface area contributed by atoms with E-state index < -0.39 is 17.9 Å². The van der Waals surface area contributed by atoms with Crippen molar-refractivity contribution in [2.24, 2.45) is 5.92 Å². The number of thiophene rings is 1. The van der Waals surface area contributed by atoms with E-state index in [9.17, 15) is 14.4 Å². The average Bonchev–Trinajstić information content (AvgIpc) is 2.93. The molecule has 1 aromatic heterocycles. The van der Waals surface area contributed by atoms with Crippen molar-refractivity contribution in [3.8, 4) is 0 Å². The highest BCUT2D eigenvalue weighted by Crippen LogP contribution is 2.22. The molecule has 1 aromatic rings. The number of piperidine rings is 1. The molecule has 120 valence electrons. The van der Waals surface area contributed by atoms with Crippen LogP contribution in [0, 0.1) is 5.92 Å². The van der Waals surface area contributed by atoms with Gasteiger partial charge in [0.2, 0.25) is 5.91 Å². The number of likely N-dealkylation sites (tertiary alicyclic amines) is 1. The van der Waals surface area contributed by atoms with Crippen LogP contribution in [0.5, 0.6) is 0 Å². The number of rotatable bonds is 4. The topological polar surface area (TPSA) is 86.7 Å². The Labute approximate surface area is 140 Å². The fourth-order valence-corrected chi connectivity index (χ4v) is 3.71. The number of carboxylic acids is 1. The molecule has 2 heterocycles. The van der Waals surface area contributed by atoms with Crippen molar-refractivity contribution in [2.75, 3.05) is 13.1 Å². The largest absolute Gasteiger partial charge is 0.481 e. The monoisotopic (exact) mass is 388 g/mol. The van der Waals surface area contributed by atoms with E-state index in [4.69, 9.17) is 5.11 Å². The normalized spacial score (nSPS) is 19.5. The first-order valence-electron chi connectivity index (χ1n) is 6.96. The molecule has 1 aliphatic rings. The summed E-state index contributed by atoms with van der Waals surface area (Å²) in [6, 6.07) is 2.78. The van der Waals surface area contributed by atoms with Gasteiger partial charge in [-0.3, -0.25) is 14.4 Å². The first-order chi connectivity index (χ1) is 10.4. The Balaban J connectivity index is 1.94. The summed E-state index contributed by atoms with van der Waals surface area (Å²) < 4.78 is 0.844. The van der Waals surface area contributed by atoms with Crippen LogP contribution in [0.15, 0.2) is 15.9 Å². The first kappa shape index (κ1) is 17.0. The molecular weight excluding hydrogens is 372 g/mol. The van der Waals surface area contributed by atoms with E-state index in [0.717, 1.165) is 3.79 Å². The molecule has 0 aromatic carbocycles. The fourth-order valence-electron chi connectivity index (χ4n) is 2.42. The van der Waals surface area contributed by atoms with Gasteiger partial charge in [0, 0.05) is 13.1 Å². The fraction of sp³-hybridized carbons (Fsp3) is 0.500. The van der Waals surface area contributed by atoms with E-state index in [2.05, 4.69) is 21.2 Å². The molecule has 0 spiro atoms. The van der Waals surface area contributed by atoms with E-state index in [1.807, 2.05) is 0 Å². The Morgan fingerprint density at radius 3 is 2.77 bits per heavy atom. The van der Waals surface area contributed by atoms with E-state index in [1.165, 1.54) is 16.2 Å². The van der Waals surface area contributed by atoms with Gasteiger partial charge in [-0.2, -0.15) is 0 Å². The summed E-state index contributed by atoms with van der Waals surface area (Å²) in [5.74, 6) is -1.94. The van der Waals surface area contributed by atoms with Gasteiger partial charge in [-0.25, -0.2) is 0 Å². The number of hydrogen-bond donors (Lipinski definition) is 2. The quantitative estimate of drug-likeness (QED) is 0.824. The van der Waals surface area contributed by atoms with Crippen LogP contribution in [0.3, 0.4) is 0 Å². The van der Waals surface area contributed by atoms with Crippen LogP contribution in [0.1, 0.15) is 29.4 Å². The molecule has 0 aliphatic carbocycles. The Kier molecular flexibility index (Phi) is 5.57. The average molecular weight is 389 g/mol. The van der Waals surface area contributed by atoms with Crippen molar-refractivity contribution < 1.29 is 19.5 Å². The van der Waals surface area contributed by atoms with E-state index >= 15 is 0 Å². The predicted molar refractivity (Wildman–Crippen MR) is 85.9 cm³/mol. The van der Waals surface area contributed by atoms with Gasteiger partial charge in [0.1, 0.15) is 6.04 Å². The third-order valence-corrected chi connectivity index (χ3v) is 5.22. The Bertz CT molecular complexity index is 589. The van der Waals surface area contributed by atoms with E-state index in [-0.39, 0.29) is 18.4 Å². The van der Waals surface area contributed by atoms with E-state index in [0.29, 0.717) is 24.3 Å². The summed E-state index contributed by atoms with van der Waals surface area (Å²) in [5, 5.41) is 11.7. The minimum absolute atomic E-state index is 0.207. The third-order valence-electron chi connectivity index (χ3n) is 3.60. The number of carbonyl (C=O) groups is 3. The van der Waals surface area contributed by atoms with Crippen LogP contribution < -0.4 is 5.32 Å².